The minimum Gasteiger partial charge on any atom is -0.395 e. The van der Waals surface area contributed by atoms with Crippen molar-refractivity contribution in [1.82, 2.24) is 15.5 Å². The Morgan fingerprint density at radius 3 is 2.57 bits per heavy atom. The molecule has 0 radical (unpaired) electrons. The van der Waals surface area contributed by atoms with Gasteiger partial charge in [0.1, 0.15) is 0 Å². The van der Waals surface area contributed by atoms with Crippen LogP contribution in [-0.4, -0.2) is 48.3 Å². The minimum absolute atomic E-state index is 0.112. The molecule has 1 aliphatic heterocycles. The number of rotatable bonds is 5. The van der Waals surface area contributed by atoms with Crippen LogP contribution in [0.5, 0.6) is 0 Å². The number of nitrogens with zero attached hydrogens (tertiary/aromatic N) is 1. The largest absolute Gasteiger partial charge is 0.395 e. The maximum atomic E-state index is 13.5. The third-order valence-corrected chi connectivity index (χ3v) is 3.97. The van der Waals surface area contributed by atoms with Crippen molar-refractivity contribution in [2.75, 3.05) is 26.2 Å². The molecular weight excluding hydrogens is 311 g/mol. The van der Waals surface area contributed by atoms with Gasteiger partial charge in [0.15, 0.2) is 17.5 Å². The molecule has 2 rings (SSSR count). The van der Waals surface area contributed by atoms with Crippen LogP contribution in [0.2, 0.25) is 0 Å². The third-order valence-electron chi connectivity index (χ3n) is 3.97. The van der Waals surface area contributed by atoms with Crippen molar-refractivity contribution in [3.8, 4) is 0 Å². The summed E-state index contributed by atoms with van der Waals surface area (Å²) in [7, 11) is 0. The fraction of sp³-hybridized carbons (Fsp3) is 0.533. The van der Waals surface area contributed by atoms with E-state index in [0.29, 0.717) is 19.5 Å². The summed E-state index contributed by atoms with van der Waals surface area (Å²) < 4.78 is 40.2. The molecule has 1 fully saturated rings. The Bertz CT molecular complexity index is 548. The molecule has 1 heterocycles. The van der Waals surface area contributed by atoms with Crippen LogP contribution in [0.25, 0.3) is 0 Å². The van der Waals surface area contributed by atoms with Gasteiger partial charge in [0.05, 0.1) is 18.7 Å². The van der Waals surface area contributed by atoms with Crippen molar-refractivity contribution >= 4 is 6.03 Å². The highest BCUT2D eigenvalue weighted by Crippen LogP contribution is 2.33. The summed E-state index contributed by atoms with van der Waals surface area (Å²) in [6.45, 7) is 3.10. The second-order valence-corrected chi connectivity index (χ2v) is 5.39. The Morgan fingerprint density at radius 2 is 2.00 bits per heavy atom. The first-order chi connectivity index (χ1) is 11.0. The standard InChI is InChI=1S/C15H20F3N3O2/c1-2-21-5-3-12(20-15(23)19-4-6-22)14(21)9-7-10(16)13(18)11(17)8-9/h7-8,12,14,22H,2-6H2,1H3,(H2,19,20,23)/t12-,14-/m1/s1. The highest BCUT2D eigenvalue weighted by molar-refractivity contribution is 5.74. The van der Waals surface area contributed by atoms with Crippen molar-refractivity contribution in [3.05, 3.63) is 35.1 Å². The van der Waals surface area contributed by atoms with Gasteiger partial charge in [-0.15, -0.1) is 0 Å². The molecule has 0 spiro atoms. The zero-order chi connectivity index (χ0) is 17.0. The van der Waals surface area contributed by atoms with E-state index >= 15 is 0 Å². The molecule has 128 valence electrons. The number of halogens is 3. The lowest BCUT2D eigenvalue weighted by Crippen LogP contribution is -2.45. The predicted octanol–water partition coefficient (Wildman–Crippen LogP) is 1.53. The molecule has 8 heteroatoms. The number of carbonyl (C=O) groups is 1. The monoisotopic (exact) mass is 331 g/mol. The van der Waals surface area contributed by atoms with E-state index in [1.807, 2.05) is 11.8 Å². The van der Waals surface area contributed by atoms with Gasteiger partial charge in [-0.3, -0.25) is 4.90 Å². The van der Waals surface area contributed by atoms with Crippen LogP contribution < -0.4 is 10.6 Å². The fourth-order valence-electron chi connectivity index (χ4n) is 2.94. The number of likely N-dealkylation sites (N-methyl/N-ethyl adjacent to an activating group) is 1. The van der Waals surface area contributed by atoms with Crippen LogP contribution in [0.3, 0.4) is 0 Å². The average Bonchev–Trinajstić information content (AvgIpc) is 2.92. The third kappa shape index (κ3) is 3.94. The molecule has 2 amide bonds. The van der Waals surface area contributed by atoms with Gasteiger partial charge in [-0.05, 0) is 30.7 Å². The van der Waals surface area contributed by atoms with Gasteiger partial charge in [-0.1, -0.05) is 6.92 Å². The minimum atomic E-state index is -1.50. The molecule has 1 aromatic rings. The Morgan fingerprint density at radius 1 is 1.35 bits per heavy atom. The molecule has 0 aliphatic carbocycles. The van der Waals surface area contributed by atoms with E-state index in [2.05, 4.69) is 10.6 Å². The maximum Gasteiger partial charge on any atom is 0.315 e. The molecule has 5 nitrogen and oxygen atoms in total. The molecular formula is C15H20F3N3O2. The lowest BCUT2D eigenvalue weighted by atomic mass is 9.99. The lowest BCUT2D eigenvalue weighted by Gasteiger charge is -2.28. The van der Waals surface area contributed by atoms with Crippen LogP contribution in [0.4, 0.5) is 18.0 Å². The lowest BCUT2D eigenvalue weighted by molar-refractivity contribution is 0.218. The quantitative estimate of drug-likeness (QED) is 0.717. The zero-order valence-electron chi connectivity index (χ0n) is 12.8. The van der Waals surface area contributed by atoms with Crippen LogP contribution in [-0.2, 0) is 0 Å². The number of benzene rings is 1. The molecule has 1 aromatic carbocycles. The summed E-state index contributed by atoms with van der Waals surface area (Å²) in [4.78, 5) is 13.7. The summed E-state index contributed by atoms with van der Waals surface area (Å²) in [6.07, 6.45) is 0.603. The summed E-state index contributed by atoms with van der Waals surface area (Å²) in [5.74, 6) is -3.99. The van der Waals surface area contributed by atoms with Gasteiger partial charge in [-0.2, -0.15) is 0 Å². The summed E-state index contributed by atoms with van der Waals surface area (Å²) in [6, 6.07) is 0.673. The van der Waals surface area contributed by atoms with Crippen molar-refractivity contribution in [2.45, 2.75) is 25.4 Å². The van der Waals surface area contributed by atoms with Crippen LogP contribution in [0.15, 0.2) is 12.1 Å². The number of amides is 2. The SMILES string of the molecule is CCN1CC[C@@H](NC(=O)NCCO)[C@H]1c1cc(F)c(F)c(F)c1. The van der Waals surface area contributed by atoms with Crippen molar-refractivity contribution in [1.29, 1.82) is 0 Å². The highest BCUT2D eigenvalue weighted by Gasteiger charge is 2.36. The Kier molecular flexibility index (Phi) is 5.84. The number of aliphatic hydroxyl groups excluding tert-OH is 1. The van der Waals surface area contributed by atoms with E-state index in [1.54, 1.807) is 0 Å². The van der Waals surface area contributed by atoms with E-state index in [-0.39, 0.29) is 24.8 Å². The summed E-state index contributed by atoms with van der Waals surface area (Å²) >= 11 is 0. The van der Waals surface area contributed by atoms with Crippen molar-refractivity contribution < 1.29 is 23.1 Å². The van der Waals surface area contributed by atoms with Gasteiger partial charge in [0, 0.05) is 13.1 Å². The van der Waals surface area contributed by atoms with Crippen LogP contribution in [0, 0.1) is 17.5 Å². The molecule has 1 aliphatic rings. The van der Waals surface area contributed by atoms with Gasteiger partial charge in [0.2, 0.25) is 0 Å². The Hall–Kier alpha value is -1.80. The number of urea groups is 1. The molecule has 0 bridgehead atoms. The van der Waals surface area contributed by atoms with E-state index in [1.165, 1.54) is 0 Å². The van der Waals surface area contributed by atoms with Crippen LogP contribution in [0.1, 0.15) is 24.9 Å². The first kappa shape index (κ1) is 17.6. The van der Waals surface area contributed by atoms with Gasteiger partial charge in [-0.25, -0.2) is 18.0 Å². The highest BCUT2D eigenvalue weighted by atomic mass is 19.2. The molecule has 0 saturated carbocycles. The number of carbonyl (C=O) groups excluding carboxylic acids is 1. The van der Waals surface area contributed by atoms with Crippen molar-refractivity contribution in [3.63, 3.8) is 0 Å². The molecule has 0 aromatic heterocycles. The van der Waals surface area contributed by atoms with Crippen molar-refractivity contribution in [2.24, 2.45) is 0 Å². The van der Waals surface area contributed by atoms with E-state index in [9.17, 15) is 18.0 Å². The van der Waals surface area contributed by atoms with Crippen LogP contribution >= 0.6 is 0 Å². The maximum absolute atomic E-state index is 13.5. The van der Waals surface area contributed by atoms with E-state index < -0.39 is 29.5 Å². The fourth-order valence-corrected chi connectivity index (χ4v) is 2.94. The topological polar surface area (TPSA) is 64.6 Å². The smallest absolute Gasteiger partial charge is 0.315 e. The van der Waals surface area contributed by atoms with E-state index in [0.717, 1.165) is 12.1 Å². The Labute approximate surface area is 132 Å². The number of nitrogens with one attached hydrogen (secondary N) is 2. The second kappa shape index (κ2) is 7.65. The normalized spacial score (nSPS) is 21.4. The first-order valence-corrected chi connectivity index (χ1v) is 7.51. The van der Waals surface area contributed by atoms with E-state index in [4.69, 9.17) is 5.11 Å². The molecule has 23 heavy (non-hydrogen) atoms. The second-order valence-electron chi connectivity index (χ2n) is 5.39. The van der Waals surface area contributed by atoms with Gasteiger partial charge >= 0.3 is 6.03 Å². The first-order valence-electron chi connectivity index (χ1n) is 7.51. The number of aliphatic hydroxyl groups is 1. The summed E-state index contributed by atoms with van der Waals surface area (Å²) in [5.41, 5.74) is 0.285. The van der Waals surface area contributed by atoms with Gasteiger partial charge in [0.25, 0.3) is 0 Å². The number of likely N-dealkylation sites (tertiary alicyclic amines) is 1. The summed E-state index contributed by atoms with van der Waals surface area (Å²) in [5, 5.41) is 13.9. The number of hydrogen-bond donors (Lipinski definition) is 3. The van der Waals surface area contributed by atoms with Gasteiger partial charge < -0.3 is 15.7 Å². The number of hydrogen-bond acceptors (Lipinski definition) is 3. The predicted molar refractivity (Wildman–Crippen MR) is 78.3 cm³/mol. The molecule has 0 unspecified atom stereocenters. The Balaban J connectivity index is 2.22. The zero-order valence-corrected chi connectivity index (χ0v) is 12.8. The average molecular weight is 331 g/mol. The molecule has 2 atom stereocenters. The molecule has 3 N–H and O–H groups in total. The molecule has 1 saturated heterocycles.